The van der Waals surface area contributed by atoms with Gasteiger partial charge in [-0.1, -0.05) is 26.0 Å². The molecule has 4 heteroatoms. The zero-order chi connectivity index (χ0) is 12.7. The van der Waals surface area contributed by atoms with Crippen LogP contribution in [0.4, 0.5) is 5.69 Å². The summed E-state index contributed by atoms with van der Waals surface area (Å²) in [5, 5.41) is 15.4. The number of benzene rings is 1. The van der Waals surface area contributed by atoms with E-state index in [9.17, 15) is 0 Å². The number of nitrogens with one attached hydrogen (secondary N) is 2. The molecular weight excluding hydrogens is 232 g/mol. The molecule has 0 bridgehead atoms. The van der Waals surface area contributed by atoms with Crippen molar-refractivity contribution in [2.45, 2.75) is 26.2 Å². The highest BCUT2D eigenvalue weighted by molar-refractivity contribution is 7.80. The zero-order valence-electron chi connectivity index (χ0n) is 10.4. The van der Waals surface area contributed by atoms with E-state index in [1.807, 2.05) is 12.1 Å². The average molecular weight is 252 g/mol. The molecule has 1 aromatic rings. The smallest absolute Gasteiger partial charge is 0.170 e. The molecule has 17 heavy (non-hydrogen) atoms. The molecule has 0 saturated heterocycles. The summed E-state index contributed by atoms with van der Waals surface area (Å²) in [6.07, 6.45) is 0.702. The Balaban J connectivity index is 2.43. The van der Waals surface area contributed by atoms with Crippen LogP contribution in [0.2, 0.25) is 0 Å². The predicted molar refractivity (Wildman–Crippen MR) is 76.5 cm³/mol. The molecule has 0 aliphatic carbocycles. The molecule has 0 saturated carbocycles. The van der Waals surface area contributed by atoms with Crippen molar-refractivity contribution in [3.05, 3.63) is 29.8 Å². The van der Waals surface area contributed by atoms with Crippen molar-refractivity contribution in [2.75, 3.05) is 18.5 Å². The van der Waals surface area contributed by atoms with Crippen molar-refractivity contribution in [1.29, 1.82) is 0 Å². The first-order chi connectivity index (χ1) is 8.13. The van der Waals surface area contributed by atoms with Gasteiger partial charge in [-0.25, -0.2) is 0 Å². The van der Waals surface area contributed by atoms with Gasteiger partial charge in [0.25, 0.3) is 0 Å². The third-order valence-corrected chi connectivity index (χ3v) is 2.70. The molecular formula is C13H20N2OS. The van der Waals surface area contributed by atoms with E-state index in [0.29, 0.717) is 24.0 Å². The molecule has 0 aliphatic heterocycles. The predicted octanol–water partition coefficient (Wildman–Crippen LogP) is 2.48. The van der Waals surface area contributed by atoms with Gasteiger partial charge in [0.05, 0.1) is 0 Å². The standard InChI is InChI=1S/C13H20N2OS/c1-10(2)11-4-6-12(7-5-11)15-13(17)14-8-3-9-16/h4-7,10,16H,3,8-9H2,1-2H3,(H2,14,15,17). The fraction of sp³-hybridized carbons (Fsp3) is 0.462. The van der Waals surface area contributed by atoms with Gasteiger partial charge >= 0.3 is 0 Å². The van der Waals surface area contributed by atoms with Crippen molar-refractivity contribution >= 4 is 23.0 Å². The van der Waals surface area contributed by atoms with Gasteiger partial charge in [0.1, 0.15) is 0 Å². The van der Waals surface area contributed by atoms with E-state index >= 15 is 0 Å². The summed E-state index contributed by atoms with van der Waals surface area (Å²) < 4.78 is 0. The number of anilines is 1. The lowest BCUT2D eigenvalue weighted by Gasteiger charge is -2.11. The molecule has 0 amide bonds. The highest BCUT2D eigenvalue weighted by Gasteiger charge is 2.00. The van der Waals surface area contributed by atoms with E-state index in [2.05, 4.69) is 36.6 Å². The molecule has 0 fully saturated rings. The summed E-state index contributed by atoms with van der Waals surface area (Å²) in [4.78, 5) is 0. The summed E-state index contributed by atoms with van der Waals surface area (Å²) >= 11 is 5.13. The lowest BCUT2D eigenvalue weighted by molar-refractivity contribution is 0.289. The van der Waals surface area contributed by atoms with E-state index in [0.717, 1.165) is 5.69 Å². The SMILES string of the molecule is CC(C)c1ccc(NC(=S)NCCCO)cc1. The van der Waals surface area contributed by atoms with Crippen molar-refractivity contribution in [3.8, 4) is 0 Å². The van der Waals surface area contributed by atoms with Gasteiger partial charge in [0, 0.05) is 18.8 Å². The number of rotatable bonds is 5. The Morgan fingerprint density at radius 3 is 2.47 bits per heavy atom. The van der Waals surface area contributed by atoms with Crippen LogP contribution in [0.25, 0.3) is 0 Å². The van der Waals surface area contributed by atoms with Gasteiger partial charge in [-0.2, -0.15) is 0 Å². The maximum Gasteiger partial charge on any atom is 0.170 e. The average Bonchev–Trinajstić information content (AvgIpc) is 2.30. The van der Waals surface area contributed by atoms with Gasteiger partial charge in [0.15, 0.2) is 5.11 Å². The van der Waals surface area contributed by atoms with Crippen LogP contribution in [-0.4, -0.2) is 23.4 Å². The summed E-state index contributed by atoms with van der Waals surface area (Å²) in [5.74, 6) is 0.540. The third kappa shape index (κ3) is 5.15. The molecule has 0 heterocycles. The maximum atomic E-state index is 8.65. The number of hydrogen-bond acceptors (Lipinski definition) is 2. The summed E-state index contributed by atoms with van der Waals surface area (Å²) in [5.41, 5.74) is 2.30. The van der Waals surface area contributed by atoms with Gasteiger partial charge in [-0.15, -0.1) is 0 Å². The lowest BCUT2D eigenvalue weighted by Crippen LogP contribution is -2.29. The Labute approximate surface area is 108 Å². The molecule has 3 nitrogen and oxygen atoms in total. The summed E-state index contributed by atoms with van der Waals surface area (Å²) in [7, 11) is 0. The Morgan fingerprint density at radius 1 is 1.29 bits per heavy atom. The van der Waals surface area contributed by atoms with E-state index in [-0.39, 0.29) is 6.61 Å². The van der Waals surface area contributed by atoms with E-state index in [4.69, 9.17) is 17.3 Å². The monoisotopic (exact) mass is 252 g/mol. The minimum absolute atomic E-state index is 0.179. The Morgan fingerprint density at radius 2 is 1.94 bits per heavy atom. The van der Waals surface area contributed by atoms with Gasteiger partial charge in [-0.3, -0.25) is 0 Å². The normalized spacial score (nSPS) is 10.4. The van der Waals surface area contributed by atoms with Crippen molar-refractivity contribution in [1.82, 2.24) is 5.32 Å². The lowest BCUT2D eigenvalue weighted by atomic mass is 10.0. The first-order valence-corrected chi connectivity index (χ1v) is 6.30. The Hall–Kier alpha value is -1.13. The third-order valence-electron chi connectivity index (χ3n) is 2.46. The first kappa shape index (κ1) is 13.9. The van der Waals surface area contributed by atoms with Crippen LogP contribution >= 0.6 is 12.2 Å². The van der Waals surface area contributed by atoms with Crippen LogP contribution in [0.1, 0.15) is 31.7 Å². The van der Waals surface area contributed by atoms with Crippen molar-refractivity contribution < 1.29 is 5.11 Å². The number of aliphatic hydroxyl groups excluding tert-OH is 1. The van der Waals surface area contributed by atoms with E-state index in [1.54, 1.807) is 0 Å². The highest BCUT2D eigenvalue weighted by atomic mass is 32.1. The molecule has 0 spiro atoms. The van der Waals surface area contributed by atoms with Crippen molar-refractivity contribution in [3.63, 3.8) is 0 Å². The largest absolute Gasteiger partial charge is 0.396 e. The Bertz CT molecular complexity index is 349. The second-order valence-corrected chi connectivity index (χ2v) is 4.64. The summed E-state index contributed by atoms with van der Waals surface area (Å²) in [6.45, 7) is 5.21. The quantitative estimate of drug-likeness (QED) is 0.556. The molecule has 0 aliphatic rings. The summed E-state index contributed by atoms with van der Waals surface area (Å²) in [6, 6.07) is 8.25. The van der Waals surface area contributed by atoms with E-state index in [1.165, 1.54) is 5.56 Å². The molecule has 0 radical (unpaired) electrons. The van der Waals surface area contributed by atoms with Crippen LogP contribution in [0.5, 0.6) is 0 Å². The topological polar surface area (TPSA) is 44.3 Å². The zero-order valence-corrected chi connectivity index (χ0v) is 11.2. The van der Waals surface area contributed by atoms with Gasteiger partial charge in [-0.05, 0) is 42.3 Å². The van der Waals surface area contributed by atoms with Crippen LogP contribution in [0, 0.1) is 0 Å². The fourth-order valence-electron chi connectivity index (χ4n) is 1.41. The minimum Gasteiger partial charge on any atom is -0.396 e. The molecule has 0 atom stereocenters. The van der Waals surface area contributed by atoms with Gasteiger partial charge in [0.2, 0.25) is 0 Å². The van der Waals surface area contributed by atoms with E-state index < -0.39 is 0 Å². The van der Waals surface area contributed by atoms with Gasteiger partial charge < -0.3 is 15.7 Å². The number of thiocarbonyl (C=S) groups is 1. The molecule has 1 aromatic carbocycles. The Kier molecular flexibility index (Phi) is 5.94. The molecule has 0 aromatic heterocycles. The molecule has 1 rings (SSSR count). The fourth-order valence-corrected chi connectivity index (χ4v) is 1.63. The first-order valence-electron chi connectivity index (χ1n) is 5.89. The van der Waals surface area contributed by atoms with Crippen molar-refractivity contribution in [2.24, 2.45) is 0 Å². The molecule has 0 unspecified atom stereocenters. The number of hydrogen-bond donors (Lipinski definition) is 3. The second-order valence-electron chi connectivity index (χ2n) is 4.23. The second kappa shape index (κ2) is 7.25. The van der Waals surface area contributed by atoms with Crippen LogP contribution in [-0.2, 0) is 0 Å². The minimum atomic E-state index is 0.179. The maximum absolute atomic E-state index is 8.65. The molecule has 3 N–H and O–H groups in total. The number of aliphatic hydroxyl groups is 1. The van der Waals surface area contributed by atoms with Crippen LogP contribution < -0.4 is 10.6 Å². The van der Waals surface area contributed by atoms with Crippen LogP contribution in [0.3, 0.4) is 0 Å². The molecule has 94 valence electrons. The highest BCUT2D eigenvalue weighted by Crippen LogP contribution is 2.16. The van der Waals surface area contributed by atoms with Crippen LogP contribution in [0.15, 0.2) is 24.3 Å².